The van der Waals surface area contributed by atoms with E-state index in [4.69, 9.17) is 9.11 Å². The molecule has 11 heteroatoms. The Morgan fingerprint density at radius 3 is 1.00 bits per heavy atom. The van der Waals surface area contributed by atoms with Gasteiger partial charge in [0.05, 0.1) is 0 Å². The first kappa shape index (κ1) is 18.9. The van der Waals surface area contributed by atoms with Crippen LogP contribution in [0.4, 0.5) is 0 Å². The van der Waals surface area contributed by atoms with Crippen LogP contribution in [-0.2, 0) is 71.7 Å². The summed E-state index contributed by atoms with van der Waals surface area (Å²) in [5.74, 6) is 0. The van der Waals surface area contributed by atoms with Gasteiger partial charge in [0.1, 0.15) is 0 Å². The Hall–Kier alpha value is 2.18. The second kappa shape index (κ2) is 6.61. The number of hydrogen-bond donors (Lipinski definition) is 2. The van der Waals surface area contributed by atoms with E-state index in [1.807, 2.05) is 0 Å². The Morgan fingerprint density at radius 1 is 0.818 bits per heavy atom. The zero-order valence-corrected chi connectivity index (χ0v) is 16.6. The van der Waals surface area contributed by atoms with Crippen molar-refractivity contribution in [1.29, 1.82) is 0 Å². The predicted octanol–water partition coefficient (Wildman–Crippen LogP) is -1.71. The molecule has 0 spiro atoms. The zero-order valence-electron chi connectivity index (χ0n) is 5.17. The van der Waals surface area contributed by atoms with E-state index in [1.54, 1.807) is 0 Å². The third-order valence-electron chi connectivity index (χ3n) is 0.172. The molecule has 0 aromatic heterocycles. The average molecular weight is 466 g/mol. The Labute approximate surface area is 109 Å². The molecule has 0 heterocycles. The maximum Gasteiger partial charge on any atom is 0 e. The fraction of sp³-hybridized carbons (Fsp3) is 0. The van der Waals surface area contributed by atoms with Gasteiger partial charge in [-0.2, -0.15) is 0 Å². The van der Waals surface area contributed by atoms with Gasteiger partial charge in [0.25, 0.3) is 0 Å². The fourth-order valence-corrected chi connectivity index (χ4v) is 5.08. The van der Waals surface area contributed by atoms with Crippen LogP contribution in [0, 0.1) is 0 Å². The summed E-state index contributed by atoms with van der Waals surface area (Å²) in [6, 6.07) is 0. The molecular weight excluding hydrogens is 464 g/mol. The van der Waals surface area contributed by atoms with Gasteiger partial charge in [0, 0.05) is 54.6 Å². The van der Waals surface area contributed by atoms with E-state index in [0.29, 0.717) is 0 Å². The standard InChI is InChI=1S/2Cd.H2O6S2Se/c;;1-7(2,3)9-8(4,5)6/h;;(H,1,2,3)(H,4,5,6). The van der Waals surface area contributed by atoms with Crippen molar-refractivity contribution in [3.8, 4) is 0 Å². The van der Waals surface area contributed by atoms with Gasteiger partial charge in [0.15, 0.2) is 0 Å². The second-order valence-corrected chi connectivity index (χ2v) is 11.1. The van der Waals surface area contributed by atoms with Gasteiger partial charge in [-0.05, 0) is 0 Å². The predicted molar refractivity (Wildman–Crippen MR) is 28.9 cm³/mol. The van der Waals surface area contributed by atoms with E-state index in [0.717, 1.165) is 0 Å². The molecule has 0 aliphatic rings. The van der Waals surface area contributed by atoms with Gasteiger partial charge in [-0.15, -0.1) is 0 Å². The van der Waals surface area contributed by atoms with Crippen LogP contribution in [0.25, 0.3) is 0 Å². The summed E-state index contributed by atoms with van der Waals surface area (Å²) in [5, 5.41) is 0. The molecule has 0 aromatic rings. The molecule has 60 valence electrons. The smallest absolute Gasteiger partial charge is 0 e. The van der Waals surface area contributed by atoms with Gasteiger partial charge in [-0.1, -0.05) is 0 Å². The molecule has 0 fully saturated rings. The van der Waals surface area contributed by atoms with Gasteiger partial charge >= 0.3 is 55.7 Å². The molecule has 0 aliphatic heterocycles. The first-order chi connectivity index (χ1) is 3.71. The minimum absolute atomic E-state index is 0. The molecule has 0 atom stereocenters. The molecule has 0 saturated heterocycles. The zero-order chi connectivity index (χ0) is 7.71. The minimum Gasteiger partial charge on any atom is 0 e. The quantitative estimate of drug-likeness (QED) is 0.371. The average Bonchev–Trinajstić information content (AvgIpc) is 1.14. The summed E-state index contributed by atoms with van der Waals surface area (Å²) >= 11 is -2.19. The van der Waals surface area contributed by atoms with Crippen LogP contribution in [0.2, 0.25) is 0 Å². The largest absolute Gasteiger partial charge is 0 e. The summed E-state index contributed by atoms with van der Waals surface area (Å²) < 4.78 is 54.4. The summed E-state index contributed by atoms with van der Waals surface area (Å²) in [6.07, 6.45) is 0. The van der Waals surface area contributed by atoms with Crippen LogP contribution in [-0.4, -0.2) is 38.7 Å². The Bertz CT molecular complexity index is 244. The molecule has 0 rings (SSSR count). The Balaban J connectivity index is -0.000000320. The van der Waals surface area contributed by atoms with Gasteiger partial charge in [-0.25, -0.2) is 0 Å². The van der Waals surface area contributed by atoms with Crippen LogP contribution in [0.15, 0.2) is 0 Å². The van der Waals surface area contributed by atoms with Crippen molar-refractivity contribution in [1.82, 2.24) is 0 Å². The summed E-state index contributed by atoms with van der Waals surface area (Å²) in [5.41, 5.74) is 0. The third-order valence-corrected chi connectivity index (χ3v) is 8.04. The molecule has 11 heavy (non-hydrogen) atoms. The van der Waals surface area contributed by atoms with Crippen molar-refractivity contribution >= 4 is 29.8 Å². The molecule has 2 N–H and O–H groups in total. The molecule has 0 bridgehead atoms. The van der Waals surface area contributed by atoms with E-state index in [2.05, 4.69) is 0 Å². The molecule has 0 aliphatic carbocycles. The van der Waals surface area contributed by atoms with Crippen LogP contribution in [0.3, 0.4) is 0 Å². The van der Waals surface area contributed by atoms with E-state index < -0.39 is 29.8 Å². The van der Waals surface area contributed by atoms with E-state index in [9.17, 15) is 16.8 Å². The number of hydrogen-bond acceptors (Lipinski definition) is 4. The monoisotopic (exact) mass is 470 g/mol. The Morgan fingerprint density at radius 2 is 1.00 bits per heavy atom. The first-order valence-corrected chi connectivity index (χ1v) is 8.29. The maximum atomic E-state index is 9.69. The molecule has 0 radical (unpaired) electrons. The van der Waals surface area contributed by atoms with Crippen LogP contribution in [0.5, 0.6) is 0 Å². The summed E-state index contributed by atoms with van der Waals surface area (Å²) in [4.78, 5) is 0. The van der Waals surface area contributed by atoms with E-state index in [-0.39, 0.29) is 54.6 Å². The summed E-state index contributed by atoms with van der Waals surface area (Å²) in [6.45, 7) is 0. The van der Waals surface area contributed by atoms with Crippen molar-refractivity contribution in [3.63, 3.8) is 0 Å². The Kier molecular flexibility index (Phi) is 11.3. The maximum absolute atomic E-state index is 9.69. The van der Waals surface area contributed by atoms with Crippen molar-refractivity contribution < 1.29 is 80.5 Å². The summed E-state index contributed by atoms with van der Waals surface area (Å²) in [7, 11) is -9.11. The van der Waals surface area contributed by atoms with Gasteiger partial charge in [0.2, 0.25) is 0 Å². The minimum atomic E-state index is -4.56. The first-order valence-electron chi connectivity index (χ1n) is 1.37. The topological polar surface area (TPSA) is 109 Å². The third kappa shape index (κ3) is 18.9. The second-order valence-electron chi connectivity index (χ2n) is 0.924. The van der Waals surface area contributed by atoms with Gasteiger partial charge in [-0.3, -0.25) is 0 Å². The molecule has 0 saturated carbocycles. The molecule has 0 unspecified atom stereocenters. The van der Waals surface area contributed by atoms with Crippen LogP contribution >= 0.6 is 0 Å². The molecule has 6 nitrogen and oxygen atoms in total. The molecular formula is H2Cd2O6S2Se. The molecule has 0 amide bonds. The molecule has 0 aromatic carbocycles. The van der Waals surface area contributed by atoms with E-state index in [1.165, 1.54) is 0 Å². The van der Waals surface area contributed by atoms with Crippen molar-refractivity contribution in [3.05, 3.63) is 0 Å². The van der Waals surface area contributed by atoms with Gasteiger partial charge < -0.3 is 0 Å². The SMILES string of the molecule is O=S(=O)(O)[Se]S(=O)(=O)O.[Cd].[Cd]. The van der Waals surface area contributed by atoms with Crippen molar-refractivity contribution in [2.75, 3.05) is 0 Å². The van der Waals surface area contributed by atoms with Crippen LogP contribution < -0.4 is 0 Å². The van der Waals surface area contributed by atoms with Crippen molar-refractivity contribution in [2.24, 2.45) is 0 Å². The van der Waals surface area contributed by atoms with Crippen molar-refractivity contribution in [2.45, 2.75) is 0 Å². The van der Waals surface area contributed by atoms with Crippen LogP contribution in [0.1, 0.15) is 0 Å². The van der Waals surface area contributed by atoms with E-state index >= 15 is 0 Å². The fourth-order valence-electron chi connectivity index (χ4n) is 0.109. The number of rotatable bonds is 2. The normalized spacial score (nSPS) is 11.1.